The lowest BCUT2D eigenvalue weighted by Gasteiger charge is -2.41. The molecule has 0 radical (unpaired) electrons. The van der Waals surface area contributed by atoms with Crippen LogP contribution in [0.15, 0.2) is 48.5 Å². The van der Waals surface area contributed by atoms with E-state index >= 15 is 0 Å². The maximum Gasteiger partial charge on any atom is 0.226 e. The number of rotatable bonds is 4. The van der Waals surface area contributed by atoms with E-state index in [0.29, 0.717) is 12.5 Å². The van der Waals surface area contributed by atoms with Crippen molar-refractivity contribution in [2.24, 2.45) is 11.8 Å². The number of ether oxygens (including phenoxy) is 1. The molecule has 0 spiro atoms. The maximum absolute atomic E-state index is 13.3. The Bertz CT molecular complexity index is 786. The van der Waals surface area contributed by atoms with Crippen molar-refractivity contribution < 1.29 is 9.53 Å². The van der Waals surface area contributed by atoms with Crippen LogP contribution in [0.1, 0.15) is 29.7 Å². The number of benzene rings is 2. The van der Waals surface area contributed by atoms with Gasteiger partial charge in [-0.15, -0.1) is 0 Å². The van der Waals surface area contributed by atoms with Crippen LogP contribution >= 0.6 is 0 Å². The number of carbonyl (C=O) groups excluding carboxylic acids is 1. The molecule has 1 saturated heterocycles. The molecule has 4 rings (SSSR count). The quantitative estimate of drug-likeness (QED) is 0.921. The predicted octanol–water partition coefficient (Wildman–Crippen LogP) is 3.18. The minimum atomic E-state index is 0.0506. The fourth-order valence-corrected chi connectivity index (χ4v) is 4.02. The highest BCUT2D eigenvalue weighted by molar-refractivity contribution is 5.80. The molecule has 0 aromatic heterocycles. The van der Waals surface area contributed by atoms with E-state index in [1.54, 1.807) is 7.11 Å². The van der Waals surface area contributed by atoms with Crippen molar-refractivity contribution in [2.75, 3.05) is 20.2 Å². The summed E-state index contributed by atoms with van der Waals surface area (Å²) >= 11 is 0. The van der Waals surface area contributed by atoms with Crippen molar-refractivity contribution in [1.82, 2.24) is 10.2 Å². The van der Waals surface area contributed by atoms with Crippen molar-refractivity contribution in [3.63, 3.8) is 0 Å². The van der Waals surface area contributed by atoms with E-state index in [9.17, 15) is 4.79 Å². The first-order chi connectivity index (χ1) is 12.7. The van der Waals surface area contributed by atoms with Gasteiger partial charge in [-0.3, -0.25) is 4.79 Å². The summed E-state index contributed by atoms with van der Waals surface area (Å²) in [6.45, 7) is 4.62. The smallest absolute Gasteiger partial charge is 0.226 e. The number of nitrogens with zero attached hydrogens (tertiary/aromatic N) is 1. The number of hydrogen-bond donors (Lipinski definition) is 1. The van der Waals surface area contributed by atoms with E-state index in [-0.39, 0.29) is 17.9 Å². The second-order valence-corrected chi connectivity index (χ2v) is 7.44. The molecule has 0 aliphatic carbocycles. The lowest BCUT2D eigenvalue weighted by molar-refractivity contribution is -0.141. The summed E-state index contributed by atoms with van der Waals surface area (Å²) in [5, 5.41) is 3.29. The van der Waals surface area contributed by atoms with Gasteiger partial charge < -0.3 is 15.0 Å². The van der Waals surface area contributed by atoms with E-state index in [2.05, 4.69) is 53.5 Å². The molecule has 4 nitrogen and oxygen atoms in total. The largest absolute Gasteiger partial charge is 0.497 e. The third-order valence-corrected chi connectivity index (χ3v) is 5.92. The second-order valence-electron chi connectivity index (χ2n) is 7.44. The molecule has 26 heavy (non-hydrogen) atoms. The molecule has 2 aromatic rings. The number of hydrogen-bond acceptors (Lipinski definition) is 3. The molecule has 1 N–H and O–H groups in total. The lowest BCUT2D eigenvalue weighted by atomic mass is 9.84. The first kappa shape index (κ1) is 17.1. The molecule has 2 aliphatic rings. The van der Waals surface area contributed by atoms with E-state index in [1.807, 2.05) is 12.1 Å². The molecule has 2 aromatic carbocycles. The van der Waals surface area contributed by atoms with E-state index in [1.165, 1.54) is 16.7 Å². The van der Waals surface area contributed by atoms with Gasteiger partial charge in [0.15, 0.2) is 0 Å². The van der Waals surface area contributed by atoms with Crippen molar-refractivity contribution in [3.05, 3.63) is 65.2 Å². The average molecular weight is 350 g/mol. The zero-order valence-corrected chi connectivity index (χ0v) is 15.4. The SMILES string of the molecule is COc1ccc2c(c1)CN(C(=O)C(C)C1CNC1)C(c1ccccc1)C2. The lowest BCUT2D eigenvalue weighted by Crippen LogP contribution is -2.51. The van der Waals surface area contributed by atoms with E-state index in [4.69, 9.17) is 4.74 Å². The van der Waals surface area contributed by atoms with Gasteiger partial charge in [-0.1, -0.05) is 43.3 Å². The topological polar surface area (TPSA) is 41.6 Å². The van der Waals surface area contributed by atoms with Gasteiger partial charge in [0.05, 0.1) is 13.2 Å². The third kappa shape index (κ3) is 3.10. The van der Waals surface area contributed by atoms with Crippen LogP contribution in [0, 0.1) is 11.8 Å². The molecule has 136 valence electrons. The number of nitrogens with one attached hydrogen (secondary N) is 1. The predicted molar refractivity (Wildman–Crippen MR) is 102 cm³/mol. The summed E-state index contributed by atoms with van der Waals surface area (Å²) in [6.07, 6.45) is 0.852. The highest BCUT2D eigenvalue weighted by Gasteiger charge is 2.37. The molecule has 2 heterocycles. The summed E-state index contributed by atoms with van der Waals surface area (Å²) in [6, 6.07) is 16.7. The molecule has 1 amide bonds. The summed E-state index contributed by atoms with van der Waals surface area (Å²) in [5.41, 5.74) is 3.71. The molecule has 2 atom stereocenters. The Labute approximate surface area is 155 Å². The highest BCUT2D eigenvalue weighted by Crippen LogP contribution is 2.36. The van der Waals surface area contributed by atoms with Gasteiger partial charge in [-0.25, -0.2) is 0 Å². The Balaban J connectivity index is 1.68. The Hall–Kier alpha value is -2.33. The van der Waals surface area contributed by atoms with Crippen LogP contribution in [0.3, 0.4) is 0 Å². The van der Waals surface area contributed by atoms with Crippen LogP contribution in [0.5, 0.6) is 5.75 Å². The third-order valence-electron chi connectivity index (χ3n) is 5.92. The zero-order valence-electron chi connectivity index (χ0n) is 15.4. The number of carbonyl (C=O) groups is 1. The molecule has 2 aliphatic heterocycles. The Morgan fingerprint density at radius 2 is 1.92 bits per heavy atom. The first-order valence-corrected chi connectivity index (χ1v) is 9.39. The van der Waals surface area contributed by atoms with Crippen LogP contribution in [0.4, 0.5) is 0 Å². The van der Waals surface area contributed by atoms with E-state index in [0.717, 1.165) is 25.3 Å². The Kier molecular flexibility index (Phi) is 4.68. The van der Waals surface area contributed by atoms with Crippen molar-refractivity contribution in [1.29, 1.82) is 0 Å². The van der Waals surface area contributed by atoms with Crippen LogP contribution in [0.25, 0.3) is 0 Å². The summed E-state index contributed by atoms with van der Waals surface area (Å²) in [5.74, 6) is 1.62. The Morgan fingerprint density at radius 3 is 2.58 bits per heavy atom. The van der Waals surface area contributed by atoms with Gasteiger partial charge in [0, 0.05) is 12.5 Å². The average Bonchev–Trinajstić information content (AvgIpc) is 2.65. The summed E-state index contributed by atoms with van der Waals surface area (Å²) in [7, 11) is 1.69. The maximum atomic E-state index is 13.3. The molecule has 2 unspecified atom stereocenters. The summed E-state index contributed by atoms with van der Waals surface area (Å²) in [4.78, 5) is 15.4. The number of fused-ring (bicyclic) bond motifs is 1. The molecule has 0 saturated carbocycles. The first-order valence-electron chi connectivity index (χ1n) is 9.39. The number of amides is 1. The minimum absolute atomic E-state index is 0.0506. The van der Waals surface area contributed by atoms with Crippen LogP contribution < -0.4 is 10.1 Å². The monoisotopic (exact) mass is 350 g/mol. The standard InChI is InChI=1S/C22H26N2O2/c1-15(19-12-23-13-19)22(25)24-14-18-10-20(26-2)9-8-17(18)11-21(24)16-6-4-3-5-7-16/h3-10,15,19,21,23H,11-14H2,1-2H3. The number of methoxy groups -OCH3 is 1. The van der Waals surface area contributed by atoms with Gasteiger partial charge >= 0.3 is 0 Å². The van der Waals surface area contributed by atoms with Crippen molar-refractivity contribution in [3.8, 4) is 5.75 Å². The molecule has 1 fully saturated rings. The molecule has 4 heteroatoms. The van der Waals surface area contributed by atoms with Crippen LogP contribution in [-0.4, -0.2) is 31.0 Å². The van der Waals surface area contributed by atoms with Crippen molar-refractivity contribution in [2.45, 2.75) is 25.9 Å². The van der Waals surface area contributed by atoms with Gasteiger partial charge in [0.2, 0.25) is 5.91 Å². The van der Waals surface area contributed by atoms with Gasteiger partial charge in [-0.2, -0.15) is 0 Å². The van der Waals surface area contributed by atoms with Crippen molar-refractivity contribution >= 4 is 5.91 Å². The minimum Gasteiger partial charge on any atom is -0.497 e. The highest BCUT2D eigenvalue weighted by atomic mass is 16.5. The van der Waals surface area contributed by atoms with Gasteiger partial charge in [0.25, 0.3) is 0 Å². The van der Waals surface area contributed by atoms with Crippen LogP contribution in [0.2, 0.25) is 0 Å². The van der Waals surface area contributed by atoms with Gasteiger partial charge in [-0.05, 0) is 54.3 Å². The molecular formula is C22H26N2O2. The van der Waals surface area contributed by atoms with E-state index < -0.39 is 0 Å². The van der Waals surface area contributed by atoms with Gasteiger partial charge in [0.1, 0.15) is 5.75 Å². The normalized spacial score (nSPS) is 20.8. The fraction of sp³-hybridized carbons (Fsp3) is 0.409. The second kappa shape index (κ2) is 7.12. The molecular weight excluding hydrogens is 324 g/mol. The Morgan fingerprint density at radius 1 is 1.15 bits per heavy atom. The summed E-state index contributed by atoms with van der Waals surface area (Å²) < 4.78 is 5.39. The van der Waals surface area contributed by atoms with Crippen LogP contribution in [-0.2, 0) is 17.8 Å². The molecule has 0 bridgehead atoms. The fourth-order valence-electron chi connectivity index (χ4n) is 4.02. The zero-order chi connectivity index (χ0) is 18.1.